The minimum atomic E-state index is 0.402. The first-order valence-electron chi connectivity index (χ1n) is 7.45. The van der Waals surface area contributed by atoms with Crippen molar-refractivity contribution < 1.29 is 4.74 Å². The fourth-order valence-electron chi connectivity index (χ4n) is 3.04. The lowest BCUT2D eigenvalue weighted by Gasteiger charge is -2.31. The summed E-state index contributed by atoms with van der Waals surface area (Å²) in [6.45, 7) is 6.38. The number of hydrogen-bond acceptors (Lipinski definition) is 4. The van der Waals surface area contributed by atoms with E-state index in [1.165, 1.54) is 16.8 Å². The van der Waals surface area contributed by atoms with Gasteiger partial charge in [0.25, 0.3) is 0 Å². The molecule has 1 atom stereocenters. The Morgan fingerprint density at radius 2 is 2.14 bits per heavy atom. The number of aromatic nitrogens is 4. The van der Waals surface area contributed by atoms with Gasteiger partial charge in [-0.2, -0.15) is 10.2 Å². The van der Waals surface area contributed by atoms with E-state index in [0.717, 1.165) is 32.8 Å². The zero-order chi connectivity index (χ0) is 14.8. The number of fused-ring (bicyclic) bond motifs is 1. The molecule has 6 nitrogen and oxygen atoms in total. The number of ether oxygens (including phenoxy) is 1. The Bertz CT molecular complexity index is 603. The molecule has 0 saturated carbocycles. The van der Waals surface area contributed by atoms with Gasteiger partial charge >= 0.3 is 0 Å². The van der Waals surface area contributed by atoms with Crippen molar-refractivity contribution in [2.24, 2.45) is 14.1 Å². The lowest BCUT2D eigenvalue weighted by molar-refractivity contribution is 0.105. The molecular formula is C15H23N5O. The van der Waals surface area contributed by atoms with E-state index in [1.54, 1.807) is 0 Å². The molecule has 1 aliphatic heterocycles. The normalized spacial score (nSPS) is 18.9. The molecule has 0 radical (unpaired) electrons. The Kier molecular flexibility index (Phi) is 4.07. The lowest BCUT2D eigenvalue weighted by atomic mass is 9.95. The summed E-state index contributed by atoms with van der Waals surface area (Å²) in [5.74, 6) is 0.402. The third kappa shape index (κ3) is 3.16. The molecule has 0 aliphatic carbocycles. The molecule has 0 saturated heterocycles. The Balaban J connectivity index is 1.76. The van der Waals surface area contributed by atoms with Gasteiger partial charge < -0.3 is 4.74 Å². The average molecular weight is 289 g/mol. The van der Waals surface area contributed by atoms with Gasteiger partial charge in [0.1, 0.15) is 0 Å². The fourth-order valence-corrected chi connectivity index (χ4v) is 3.04. The summed E-state index contributed by atoms with van der Waals surface area (Å²) in [6, 6.07) is 0. The van der Waals surface area contributed by atoms with Gasteiger partial charge in [0, 0.05) is 69.8 Å². The lowest BCUT2D eigenvalue weighted by Crippen LogP contribution is -2.34. The standard InChI is InChI=1S/C15H23N5O/c1-4-21-11-13-8-20(7-12-5-16-18(2)6-12)10-15-14(13)9-19(3)17-15/h5-6,9,13H,4,7-8,10-11H2,1-3H3/t13-/m0/s1. The molecule has 0 fully saturated rings. The molecule has 2 aromatic rings. The van der Waals surface area contributed by atoms with Crippen LogP contribution in [0.1, 0.15) is 29.7 Å². The first-order valence-corrected chi connectivity index (χ1v) is 7.45. The van der Waals surface area contributed by atoms with Gasteiger partial charge in [-0.25, -0.2) is 0 Å². The molecule has 3 heterocycles. The summed E-state index contributed by atoms with van der Waals surface area (Å²) in [5, 5.41) is 8.85. The first-order chi connectivity index (χ1) is 10.2. The summed E-state index contributed by atoms with van der Waals surface area (Å²) in [4.78, 5) is 2.43. The molecule has 114 valence electrons. The molecule has 0 amide bonds. The van der Waals surface area contributed by atoms with Gasteiger partial charge in [-0.1, -0.05) is 0 Å². The number of hydrogen-bond donors (Lipinski definition) is 0. The van der Waals surface area contributed by atoms with E-state index >= 15 is 0 Å². The van der Waals surface area contributed by atoms with E-state index in [9.17, 15) is 0 Å². The van der Waals surface area contributed by atoms with E-state index in [1.807, 2.05) is 36.6 Å². The predicted octanol–water partition coefficient (Wildman–Crippen LogP) is 1.29. The minimum Gasteiger partial charge on any atom is -0.381 e. The Hall–Kier alpha value is -1.66. The van der Waals surface area contributed by atoms with Gasteiger partial charge in [-0.05, 0) is 6.92 Å². The van der Waals surface area contributed by atoms with Crippen molar-refractivity contribution >= 4 is 0 Å². The van der Waals surface area contributed by atoms with Crippen LogP contribution in [0.25, 0.3) is 0 Å². The quantitative estimate of drug-likeness (QED) is 0.832. The first kappa shape index (κ1) is 14.3. The summed E-state index contributed by atoms with van der Waals surface area (Å²) < 4.78 is 9.43. The van der Waals surface area contributed by atoms with Gasteiger partial charge in [-0.15, -0.1) is 0 Å². The minimum absolute atomic E-state index is 0.402. The second-order valence-corrected chi connectivity index (χ2v) is 5.75. The van der Waals surface area contributed by atoms with Crippen molar-refractivity contribution in [3.8, 4) is 0 Å². The van der Waals surface area contributed by atoms with Crippen molar-refractivity contribution in [3.63, 3.8) is 0 Å². The van der Waals surface area contributed by atoms with Crippen LogP contribution >= 0.6 is 0 Å². The van der Waals surface area contributed by atoms with Gasteiger partial charge in [0.2, 0.25) is 0 Å². The summed E-state index contributed by atoms with van der Waals surface area (Å²) in [6.07, 6.45) is 6.15. The smallest absolute Gasteiger partial charge is 0.0800 e. The number of nitrogens with zero attached hydrogens (tertiary/aromatic N) is 5. The van der Waals surface area contributed by atoms with Crippen LogP contribution in [0.2, 0.25) is 0 Å². The van der Waals surface area contributed by atoms with Crippen LogP contribution in [0.3, 0.4) is 0 Å². The molecule has 6 heteroatoms. The van der Waals surface area contributed by atoms with E-state index in [4.69, 9.17) is 4.74 Å². The van der Waals surface area contributed by atoms with Gasteiger partial charge in [-0.3, -0.25) is 14.3 Å². The van der Waals surface area contributed by atoms with E-state index < -0.39 is 0 Å². The maximum absolute atomic E-state index is 5.66. The number of rotatable bonds is 5. The van der Waals surface area contributed by atoms with E-state index in [-0.39, 0.29) is 0 Å². The maximum atomic E-state index is 5.66. The zero-order valence-electron chi connectivity index (χ0n) is 13.0. The fraction of sp³-hybridized carbons (Fsp3) is 0.600. The van der Waals surface area contributed by atoms with Crippen LogP contribution in [-0.2, 0) is 31.9 Å². The van der Waals surface area contributed by atoms with E-state index in [0.29, 0.717) is 5.92 Å². The monoisotopic (exact) mass is 289 g/mol. The molecule has 1 aliphatic rings. The SMILES string of the molecule is CCOC[C@@H]1CN(Cc2cnn(C)c2)Cc2nn(C)cc21. The van der Waals surface area contributed by atoms with Gasteiger partial charge in [0.05, 0.1) is 18.5 Å². The largest absolute Gasteiger partial charge is 0.381 e. The molecule has 21 heavy (non-hydrogen) atoms. The van der Waals surface area contributed by atoms with Crippen LogP contribution in [0.15, 0.2) is 18.6 Å². The summed E-state index contributed by atoms with van der Waals surface area (Å²) in [5.41, 5.74) is 3.76. The molecule has 0 aromatic carbocycles. The topological polar surface area (TPSA) is 48.1 Å². The van der Waals surface area contributed by atoms with Crippen molar-refractivity contribution in [3.05, 3.63) is 35.4 Å². The Morgan fingerprint density at radius 3 is 2.86 bits per heavy atom. The van der Waals surface area contributed by atoms with Gasteiger partial charge in [0.15, 0.2) is 0 Å². The molecule has 0 spiro atoms. The summed E-state index contributed by atoms with van der Waals surface area (Å²) in [7, 11) is 3.94. The molecule has 0 N–H and O–H groups in total. The summed E-state index contributed by atoms with van der Waals surface area (Å²) >= 11 is 0. The van der Waals surface area contributed by atoms with Crippen LogP contribution < -0.4 is 0 Å². The third-order valence-electron chi connectivity index (χ3n) is 3.92. The van der Waals surface area contributed by atoms with E-state index in [2.05, 4.69) is 27.5 Å². The highest BCUT2D eigenvalue weighted by Crippen LogP contribution is 2.28. The second kappa shape index (κ2) is 5.99. The Labute approximate surface area is 125 Å². The van der Waals surface area contributed by atoms with Crippen LogP contribution in [0, 0.1) is 0 Å². The molecule has 3 rings (SSSR count). The highest BCUT2D eigenvalue weighted by atomic mass is 16.5. The van der Waals surface area contributed by atoms with Crippen molar-refractivity contribution in [1.29, 1.82) is 0 Å². The molecule has 0 bridgehead atoms. The van der Waals surface area contributed by atoms with Crippen molar-refractivity contribution in [2.45, 2.75) is 25.9 Å². The van der Waals surface area contributed by atoms with Crippen molar-refractivity contribution in [2.75, 3.05) is 19.8 Å². The van der Waals surface area contributed by atoms with Crippen molar-refractivity contribution in [1.82, 2.24) is 24.5 Å². The molecule has 0 unspecified atom stereocenters. The third-order valence-corrected chi connectivity index (χ3v) is 3.92. The van der Waals surface area contributed by atoms with Crippen LogP contribution in [-0.4, -0.2) is 44.2 Å². The van der Waals surface area contributed by atoms with Crippen LogP contribution in [0.4, 0.5) is 0 Å². The maximum Gasteiger partial charge on any atom is 0.0800 e. The molecule has 2 aromatic heterocycles. The molecular weight excluding hydrogens is 266 g/mol. The highest BCUT2D eigenvalue weighted by Gasteiger charge is 2.28. The highest BCUT2D eigenvalue weighted by molar-refractivity contribution is 5.25. The Morgan fingerprint density at radius 1 is 1.29 bits per heavy atom. The average Bonchev–Trinajstić information content (AvgIpc) is 3.01. The number of aryl methyl sites for hydroxylation is 2. The zero-order valence-corrected chi connectivity index (χ0v) is 13.0. The van der Waals surface area contributed by atoms with Crippen LogP contribution in [0.5, 0.6) is 0 Å². The second-order valence-electron chi connectivity index (χ2n) is 5.75. The predicted molar refractivity (Wildman–Crippen MR) is 79.8 cm³/mol.